The van der Waals surface area contributed by atoms with E-state index < -0.39 is 0 Å². The van der Waals surface area contributed by atoms with Gasteiger partial charge in [0.25, 0.3) is 0 Å². The molecule has 0 aliphatic rings. The Morgan fingerprint density at radius 2 is 1.81 bits per heavy atom. The molecule has 5 aromatic rings. The van der Waals surface area contributed by atoms with Gasteiger partial charge in [-0.2, -0.15) is 14.9 Å². The third kappa shape index (κ3) is 5.24. The second kappa shape index (κ2) is 10.9. The third-order valence-electron chi connectivity index (χ3n) is 5.75. The highest BCUT2D eigenvalue weighted by Crippen LogP contribution is 2.37. The quantitative estimate of drug-likeness (QED) is 0.166. The first-order chi connectivity index (χ1) is 17.6. The molecule has 1 aromatic heterocycles. The molecular weight excluding hydrogens is 536 g/mol. The summed E-state index contributed by atoms with van der Waals surface area (Å²) in [6.45, 7) is 0.435. The number of aromatic nitrogens is 3. The molecule has 4 aromatic carbocycles. The van der Waals surface area contributed by atoms with E-state index in [0.717, 1.165) is 27.0 Å². The Bertz CT molecular complexity index is 1590. The van der Waals surface area contributed by atoms with Gasteiger partial charge in [0.2, 0.25) is 4.77 Å². The number of ether oxygens (including phenoxy) is 2. The largest absolute Gasteiger partial charge is 0.493 e. The van der Waals surface area contributed by atoms with Crippen LogP contribution in [-0.2, 0) is 13.0 Å². The van der Waals surface area contributed by atoms with Crippen LogP contribution in [0.5, 0.6) is 11.5 Å². The summed E-state index contributed by atoms with van der Waals surface area (Å²) in [6.07, 6.45) is 2.32. The minimum absolute atomic E-state index is 0.426. The number of fused-ring (bicyclic) bond motifs is 1. The molecule has 1 heterocycles. The van der Waals surface area contributed by atoms with Gasteiger partial charge in [-0.3, -0.25) is 5.10 Å². The van der Waals surface area contributed by atoms with Crippen molar-refractivity contribution in [1.82, 2.24) is 14.9 Å². The molecule has 0 saturated heterocycles. The Labute approximate surface area is 222 Å². The molecule has 0 bridgehead atoms. The number of rotatable bonds is 8. The minimum Gasteiger partial charge on any atom is -0.493 e. The standard InChI is InChI=1S/C28H23BrN4O2S/c1-34-25-15-20(14-24(29)27(25)35-18-19-8-3-2-4-9-19)17-30-33-26(31-32-28(33)36)16-22-12-7-11-21-10-5-6-13-23(21)22/h2-15,17H,16,18H2,1H3,(H,32,36)/b30-17-. The molecule has 0 amide bonds. The minimum atomic E-state index is 0.426. The van der Waals surface area contributed by atoms with E-state index in [0.29, 0.717) is 29.3 Å². The zero-order chi connectivity index (χ0) is 24.9. The summed E-state index contributed by atoms with van der Waals surface area (Å²) in [7, 11) is 1.62. The third-order valence-corrected chi connectivity index (χ3v) is 6.60. The number of hydrogen-bond donors (Lipinski definition) is 1. The van der Waals surface area contributed by atoms with Crippen LogP contribution in [-0.4, -0.2) is 28.2 Å². The van der Waals surface area contributed by atoms with Crippen LogP contribution in [0.4, 0.5) is 0 Å². The number of H-pyrrole nitrogens is 1. The Morgan fingerprint density at radius 1 is 1.03 bits per heavy atom. The smallest absolute Gasteiger partial charge is 0.216 e. The van der Waals surface area contributed by atoms with E-state index in [2.05, 4.69) is 61.6 Å². The zero-order valence-corrected chi connectivity index (χ0v) is 21.9. The van der Waals surface area contributed by atoms with Crippen LogP contribution in [0.3, 0.4) is 0 Å². The van der Waals surface area contributed by atoms with Crippen molar-refractivity contribution in [2.24, 2.45) is 5.10 Å². The van der Waals surface area contributed by atoms with Crippen LogP contribution in [0, 0.1) is 4.77 Å². The predicted molar refractivity (Wildman–Crippen MR) is 149 cm³/mol. The van der Waals surface area contributed by atoms with E-state index in [4.69, 9.17) is 21.7 Å². The van der Waals surface area contributed by atoms with Gasteiger partial charge in [-0.25, -0.2) is 0 Å². The van der Waals surface area contributed by atoms with Crippen molar-refractivity contribution in [3.63, 3.8) is 0 Å². The lowest BCUT2D eigenvalue weighted by molar-refractivity contribution is 0.282. The van der Waals surface area contributed by atoms with Crippen LogP contribution in [0.25, 0.3) is 10.8 Å². The summed E-state index contributed by atoms with van der Waals surface area (Å²) in [6, 6.07) is 28.4. The molecule has 0 fully saturated rings. The number of halogens is 1. The summed E-state index contributed by atoms with van der Waals surface area (Å²) in [5.74, 6) is 1.96. The second-order valence-corrected chi connectivity index (χ2v) is 9.37. The maximum atomic E-state index is 6.04. The van der Waals surface area contributed by atoms with Gasteiger partial charge < -0.3 is 9.47 Å². The van der Waals surface area contributed by atoms with Crippen molar-refractivity contribution < 1.29 is 9.47 Å². The van der Waals surface area contributed by atoms with Gasteiger partial charge in [0.1, 0.15) is 6.61 Å². The number of methoxy groups -OCH3 is 1. The number of benzene rings is 4. The molecule has 36 heavy (non-hydrogen) atoms. The van der Waals surface area contributed by atoms with Crippen molar-refractivity contribution in [2.45, 2.75) is 13.0 Å². The molecule has 180 valence electrons. The Balaban J connectivity index is 1.40. The van der Waals surface area contributed by atoms with E-state index in [-0.39, 0.29) is 0 Å². The first-order valence-corrected chi connectivity index (χ1v) is 12.5. The second-order valence-electron chi connectivity index (χ2n) is 8.12. The van der Waals surface area contributed by atoms with Crippen molar-refractivity contribution in [2.75, 3.05) is 7.11 Å². The topological polar surface area (TPSA) is 64.4 Å². The van der Waals surface area contributed by atoms with Crippen molar-refractivity contribution in [3.05, 3.63) is 117 Å². The van der Waals surface area contributed by atoms with Gasteiger partial charge in [-0.15, -0.1) is 0 Å². The van der Waals surface area contributed by atoms with Crippen LogP contribution in [0.1, 0.15) is 22.5 Å². The predicted octanol–water partition coefficient (Wildman–Crippen LogP) is 6.92. The average Bonchev–Trinajstić information content (AvgIpc) is 3.25. The highest BCUT2D eigenvalue weighted by atomic mass is 79.9. The maximum absolute atomic E-state index is 6.04. The van der Waals surface area contributed by atoms with Gasteiger partial charge in [-0.1, -0.05) is 72.8 Å². The van der Waals surface area contributed by atoms with Crippen molar-refractivity contribution in [3.8, 4) is 11.5 Å². The fourth-order valence-electron chi connectivity index (χ4n) is 3.98. The van der Waals surface area contributed by atoms with Gasteiger partial charge in [0.15, 0.2) is 17.3 Å². The number of aromatic amines is 1. The normalized spacial score (nSPS) is 11.3. The molecule has 0 saturated carbocycles. The number of nitrogens with zero attached hydrogens (tertiary/aromatic N) is 3. The Kier molecular flexibility index (Phi) is 7.25. The first-order valence-electron chi connectivity index (χ1n) is 11.3. The fourth-order valence-corrected chi connectivity index (χ4v) is 4.76. The monoisotopic (exact) mass is 558 g/mol. The average molecular weight is 559 g/mol. The maximum Gasteiger partial charge on any atom is 0.216 e. The molecule has 0 unspecified atom stereocenters. The van der Waals surface area contributed by atoms with Crippen molar-refractivity contribution >= 4 is 45.1 Å². The molecule has 6 nitrogen and oxygen atoms in total. The first kappa shape index (κ1) is 24.0. The molecule has 0 aliphatic carbocycles. The Morgan fingerprint density at radius 3 is 2.64 bits per heavy atom. The van der Waals surface area contributed by atoms with Crippen LogP contribution < -0.4 is 9.47 Å². The molecule has 1 N–H and O–H groups in total. The van der Waals surface area contributed by atoms with Gasteiger partial charge >= 0.3 is 0 Å². The molecule has 0 atom stereocenters. The SMILES string of the molecule is COc1cc(/C=N\n2c(Cc3cccc4ccccc34)n[nH]c2=S)cc(Br)c1OCc1ccccc1. The van der Waals surface area contributed by atoms with E-state index in [1.54, 1.807) is 18.0 Å². The highest BCUT2D eigenvalue weighted by molar-refractivity contribution is 9.10. The number of nitrogens with one attached hydrogen (secondary N) is 1. The molecule has 0 radical (unpaired) electrons. The molecule has 5 rings (SSSR count). The molecular formula is C28H23BrN4O2S. The fraction of sp³-hybridized carbons (Fsp3) is 0.107. The highest BCUT2D eigenvalue weighted by Gasteiger charge is 2.13. The molecule has 0 spiro atoms. The number of hydrogen-bond acceptors (Lipinski definition) is 5. The molecule has 0 aliphatic heterocycles. The van der Waals surface area contributed by atoms with Crippen LogP contribution in [0.2, 0.25) is 0 Å². The van der Waals surface area contributed by atoms with E-state index in [9.17, 15) is 0 Å². The molecule has 8 heteroatoms. The lowest BCUT2D eigenvalue weighted by Crippen LogP contribution is -2.02. The lowest BCUT2D eigenvalue weighted by Gasteiger charge is -2.13. The summed E-state index contributed by atoms with van der Waals surface area (Å²) >= 11 is 9.07. The van der Waals surface area contributed by atoms with Crippen LogP contribution >= 0.6 is 28.1 Å². The zero-order valence-electron chi connectivity index (χ0n) is 19.5. The van der Waals surface area contributed by atoms with E-state index >= 15 is 0 Å². The summed E-state index contributed by atoms with van der Waals surface area (Å²) in [4.78, 5) is 0. The van der Waals surface area contributed by atoms with Crippen LogP contribution in [0.15, 0.2) is 94.5 Å². The summed E-state index contributed by atoms with van der Waals surface area (Å²) in [5.41, 5.74) is 3.05. The summed E-state index contributed by atoms with van der Waals surface area (Å²) in [5, 5.41) is 14.3. The van der Waals surface area contributed by atoms with E-state index in [1.807, 2.05) is 54.6 Å². The van der Waals surface area contributed by atoms with E-state index in [1.165, 1.54) is 10.8 Å². The summed E-state index contributed by atoms with van der Waals surface area (Å²) < 4.78 is 14.5. The Hall–Kier alpha value is -3.75. The van der Waals surface area contributed by atoms with Gasteiger partial charge in [-0.05, 0) is 67.7 Å². The lowest BCUT2D eigenvalue weighted by atomic mass is 10.0. The van der Waals surface area contributed by atoms with Gasteiger partial charge in [0.05, 0.1) is 17.8 Å². The van der Waals surface area contributed by atoms with Crippen molar-refractivity contribution in [1.29, 1.82) is 0 Å². The van der Waals surface area contributed by atoms with Gasteiger partial charge in [0, 0.05) is 6.42 Å².